The van der Waals surface area contributed by atoms with Crippen LogP contribution in [0.15, 0.2) is 64.2 Å². The maximum atomic E-state index is 12.7. The number of hydrogen-bond donors (Lipinski definition) is 1. The molecular formula is C25H23N5O4S. The highest BCUT2D eigenvalue weighted by Gasteiger charge is 2.37. The number of piperidine rings is 1. The fourth-order valence-electron chi connectivity index (χ4n) is 3.91. The Morgan fingerprint density at radius 1 is 1.06 bits per heavy atom. The average Bonchev–Trinajstić information content (AvgIpc) is 3.32. The van der Waals surface area contributed by atoms with E-state index in [9.17, 15) is 9.59 Å². The van der Waals surface area contributed by atoms with Crippen molar-refractivity contribution in [2.75, 3.05) is 20.2 Å². The lowest BCUT2D eigenvalue weighted by Crippen LogP contribution is -2.35. The summed E-state index contributed by atoms with van der Waals surface area (Å²) in [5.41, 5.74) is 1.20. The third-order valence-electron chi connectivity index (χ3n) is 5.78. The number of carbonyl (C=O) groups is 2. The van der Waals surface area contributed by atoms with Crippen LogP contribution in [0, 0.1) is 5.41 Å². The third kappa shape index (κ3) is 4.83. The Morgan fingerprint density at radius 2 is 1.83 bits per heavy atom. The zero-order valence-corrected chi connectivity index (χ0v) is 19.9. The highest BCUT2D eigenvalue weighted by atomic mass is 32.2. The molecule has 1 fully saturated rings. The number of fused-ring (bicyclic) bond motifs is 1. The predicted octanol–water partition coefficient (Wildman–Crippen LogP) is 3.98. The standard InChI is InChI=1S/C25H23N5O4S/c1-33-19-7-5-6-17(15-19)23(32)34-18-10-8-16(9-11-18)14-20-21(26)30-24(27-22(20)31)35-25(28-30)29-12-3-2-4-13-29/h5-11,14-15,26H,2-4,12-13H2,1H3/b20-14-,26-21?. The minimum atomic E-state index is -0.505. The van der Waals surface area contributed by atoms with Crippen LogP contribution in [-0.4, -0.2) is 58.2 Å². The summed E-state index contributed by atoms with van der Waals surface area (Å²) in [6, 6.07) is 13.4. The van der Waals surface area contributed by atoms with Gasteiger partial charge in [0.2, 0.25) is 5.17 Å². The first-order valence-electron chi connectivity index (χ1n) is 11.2. The molecular weight excluding hydrogens is 466 g/mol. The lowest BCUT2D eigenvalue weighted by atomic mass is 10.1. The number of amidine groups is 3. The van der Waals surface area contributed by atoms with Gasteiger partial charge in [-0.2, -0.15) is 10.0 Å². The van der Waals surface area contributed by atoms with Crippen LogP contribution < -0.4 is 9.47 Å². The molecule has 0 unspecified atom stereocenters. The van der Waals surface area contributed by atoms with Crippen molar-refractivity contribution in [2.45, 2.75) is 19.3 Å². The number of methoxy groups -OCH3 is 1. The molecule has 0 spiro atoms. The average molecular weight is 490 g/mol. The first-order valence-corrected chi connectivity index (χ1v) is 12.0. The van der Waals surface area contributed by atoms with Gasteiger partial charge in [-0.15, -0.1) is 5.10 Å². The SMILES string of the molecule is COc1cccc(C(=O)Oc2ccc(/C=C3/C(=N)N4N=C(N5CCCCC5)SC4=NC3=O)cc2)c1. The van der Waals surface area contributed by atoms with E-state index in [1.165, 1.54) is 30.3 Å². The number of aliphatic imine (C=N–C) groups is 1. The van der Waals surface area contributed by atoms with Crippen molar-refractivity contribution >= 4 is 45.9 Å². The van der Waals surface area contributed by atoms with Gasteiger partial charge in [-0.3, -0.25) is 10.2 Å². The Labute approximate surface area is 206 Å². The molecule has 1 N–H and O–H groups in total. The molecule has 2 aromatic rings. The summed E-state index contributed by atoms with van der Waals surface area (Å²) in [6.07, 6.45) is 5.02. The van der Waals surface area contributed by atoms with Crippen molar-refractivity contribution in [3.05, 3.63) is 65.2 Å². The van der Waals surface area contributed by atoms with E-state index in [0.717, 1.165) is 31.1 Å². The molecule has 3 aliphatic heterocycles. The lowest BCUT2D eigenvalue weighted by molar-refractivity contribution is -0.114. The molecule has 0 bridgehead atoms. The van der Waals surface area contributed by atoms with Crippen LogP contribution in [0.5, 0.6) is 11.5 Å². The number of thioether (sulfide) groups is 1. The zero-order valence-electron chi connectivity index (χ0n) is 19.1. The molecule has 0 saturated carbocycles. The van der Waals surface area contributed by atoms with Gasteiger partial charge in [0.15, 0.2) is 11.0 Å². The van der Waals surface area contributed by atoms with Gasteiger partial charge in [-0.25, -0.2) is 4.79 Å². The van der Waals surface area contributed by atoms with Crippen LogP contribution in [-0.2, 0) is 4.79 Å². The number of hydrogen-bond acceptors (Lipinski definition) is 8. The van der Waals surface area contributed by atoms with Gasteiger partial charge < -0.3 is 14.4 Å². The van der Waals surface area contributed by atoms with Gasteiger partial charge in [-0.1, -0.05) is 18.2 Å². The van der Waals surface area contributed by atoms with Gasteiger partial charge >= 0.3 is 5.97 Å². The number of likely N-dealkylation sites (tertiary alicyclic amines) is 1. The maximum Gasteiger partial charge on any atom is 0.343 e. The third-order valence-corrected chi connectivity index (χ3v) is 6.75. The minimum absolute atomic E-state index is 0.00645. The Balaban J connectivity index is 1.30. The van der Waals surface area contributed by atoms with Crippen LogP contribution in [0.2, 0.25) is 0 Å². The summed E-state index contributed by atoms with van der Waals surface area (Å²) in [7, 11) is 1.53. The number of esters is 1. The van der Waals surface area contributed by atoms with E-state index in [1.807, 2.05) is 0 Å². The molecule has 3 aliphatic rings. The Kier molecular flexibility index (Phi) is 6.37. The summed E-state index contributed by atoms with van der Waals surface area (Å²) in [5.74, 6) is -0.0620. The highest BCUT2D eigenvalue weighted by molar-refractivity contribution is 8.26. The molecule has 0 aromatic heterocycles. The number of ether oxygens (including phenoxy) is 2. The molecule has 5 rings (SSSR count). The summed E-state index contributed by atoms with van der Waals surface area (Å²) in [5, 5.41) is 15.7. The van der Waals surface area contributed by atoms with Crippen LogP contribution in [0.1, 0.15) is 35.2 Å². The molecule has 9 nitrogen and oxygen atoms in total. The molecule has 10 heteroatoms. The summed E-state index contributed by atoms with van der Waals surface area (Å²) in [4.78, 5) is 31.4. The summed E-state index contributed by atoms with van der Waals surface area (Å²) < 4.78 is 10.6. The Bertz CT molecular complexity index is 1280. The molecule has 2 aromatic carbocycles. The Morgan fingerprint density at radius 3 is 2.57 bits per heavy atom. The van der Waals surface area contributed by atoms with E-state index in [2.05, 4.69) is 15.0 Å². The second kappa shape index (κ2) is 9.75. The van der Waals surface area contributed by atoms with Crippen LogP contribution in [0.4, 0.5) is 0 Å². The minimum Gasteiger partial charge on any atom is -0.497 e. The van der Waals surface area contributed by atoms with Gasteiger partial charge in [-0.05, 0) is 73.0 Å². The molecule has 3 heterocycles. The second-order valence-corrected chi connectivity index (χ2v) is 9.08. The predicted molar refractivity (Wildman–Crippen MR) is 135 cm³/mol. The lowest BCUT2D eigenvalue weighted by Gasteiger charge is -2.26. The number of nitrogens with zero attached hydrogens (tertiary/aromatic N) is 4. The van der Waals surface area contributed by atoms with E-state index in [4.69, 9.17) is 14.9 Å². The molecule has 1 saturated heterocycles. The number of benzene rings is 2. The molecule has 0 aliphatic carbocycles. The monoisotopic (exact) mass is 489 g/mol. The van der Waals surface area contributed by atoms with Gasteiger partial charge in [0.25, 0.3) is 5.91 Å². The second-order valence-electron chi connectivity index (χ2n) is 8.14. The first-order chi connectivity index (χ1) is 17.0. The topological polar surface area (TPSA) is 108 Å². The van der Waals surface area contributed by atoms with Crippen molar-refractivity contribution in [2.24, 2.45) is 10.1 Å². The fourth-order valence-corrected chi connectivity index (χ4v) is 4.85. The summed E-state index contributed by atoms with van der Waals surface area (Å²) in [6.45, 7) is 1.84. The largest absolute Gasteiger partial charge is 0.497 e. The zero-order chi connectivity index (χ0) is 24.4. The molecule has 0 radical (unpaired) electrons. The smallest absolute Gasteiger partial charge is 0.343 e. The highest BCUT2D eigenvalue weighted by Crippen LogP contribution is 2.31. The number of rotatable bonds is 4. The van der Waals surface area contributed by atoms with Gasteiger partial charge in [0, 0.05) is 13.1 Å². The van der Waals surface area contributed by atoms with Crippen molar-refractivity contribution in [1.82, 2.24) is 9.91 Å². The van der Waals surface area contributed by atoms with Crippen LogP contribution >= 0.6 is 11.8 Å². The van der Waals surface area contributed by atoms with E-state index >= 15 is 0 Å². The molecule has 1 amide bonds. The van der Waals surface area contributed by atoms with Crippen LogP contribution in [0.25, 0.3) is 6.08 Å². The summed E-state index contributed by atoms with van der Waals surface area (Å²) >= 11 is 1.33. The van der Waals surface area contributed by atoms with Crippen molar-refractivity contribution in [3.63, 3.8) is 0 Å². The first kappa shape index (κ1) is 22.9. The number of hydrazone groups is 1. The number of amides is 1. The van der Waals surface area contributed by atoms with Crippen molar-refractivity contribution in [3.8, 4) is 11.5 Å². The van der Waals surface area contributed by atoms with Gasteiger partial charge in [0.05, 0.1) is 18.2 Å². The molecule has 0 atom stereocenters. The van der Waals surface area contributed by atoms with E-state index < -0.39 is 11.9 Å². The number of carbonyl (C=O) groups excluding carboxylic acids is 2. The van der Waals surface area contributed by atoms with E-state index in [1.54, 1.807) is 54.6 Å². The molecule has 178 valence electrons. The molecule has 35 heavy (non-hydrogen) atoms. The van der Waals surface area contributed by atoms with Crippen molar-refractivity contribution < 1.29 is 19.1 Å². The van der Waals surface area contributed by atoms with Crippen LogP contribution in [0.3, 0.4) is 0 Å². The fraction of sp³-hybridized carbons (Fsp3) is 0.240. The van der Waals surface area contributed by atoms with Gasteiger partial charge in [0.1, 0.15) is 11.5 Å². The normalized spacial score (nSPS) is 18.8. The van der Waals surface area contributed by atoms with E-state index in [0.29, 0.717) is 27.8 Å². The van der Waals surface area contributed by atoms with Crippen molar-refractivity contribution in [1.29, 1.82) is 5.41 Å². The number of nitrogens with one attached hydrogen (secondary N) is 1. The van der Waals surface area contributed by atoms with E-state index in [-0.39, 0.29) is 11.4 Å². The quantitative estimate of drug-likeness (QED) is 0.393. The Hall–Kier alpha value is -3.92. The maximum absolute atomic E-state index is 12.7.